The number of carbonyl (C=O) groups excluding carboxylic acids is 2. The molecule has 2 atom stereocenters. The number of amides is 2. The molecule has 0 bridgehead atoms. The molecule has 2 unspecified atom stereocenters. The van der Waals surface area contributed by atoms with E-state index < -0.39 is 6.04 Å². The van der Waals surface area contributed by atoms with Gasteiger partial charge in [0.05, 0.1) is 0 Å². The van der Waals surface area contributed by atoms with Crippen molar-refractivity contribution in [1.82, 2.24) is 10.2 Å². The van der Waals surface area contributed by atoms with Gasteiger partial charge in [0.15, 0.2) is 0 Å². The molecule has 0 aliphatic carbocycles. The number of aryl methyl sites for hydroxylation is 1. The highest BCUT2D eigenvalue weighted by Crippen LogP contribution is 2.18. The van der Waals surface area contributed by atoms with E-state index in [0.717, 1.165) is 22.0 Å². The van der Waals surface area contributed by atoms with Gasteiger partial charge in [-0.05, 0) is 61.4 Å². The molecule has 0 aliphatic heterocycles. The van der Waals surface area contributed by atoms with Gasteiger partial charge in [0, 0.05) is 23.5 Å². The van der Waals surface area contributed by atoms with Crippen molar-refractivity contribution in [2.75, 3.05) is 0 Å². The molecule has 0 fully saturated rings. The Morgan fingerprint density at radius 2 is 1.68 bits per heavy atom. The summed E-state index contributed by atoms with van der Waals surface area (Å²) in [6, 6.07) is 15.9. The van der Waals surface area contributed by atoms with Crippen LogP contribution in [0.3, 0.4) is 0 Å². The van der Waals surface area contributed by atoms with Gasteiger partial charge in [-0.1, -0.05) is 73.1 Å². The third-order valence-corrected chi connectivity index (χ3v) is 6.18. The lowest BCUT2D eigenvalue weighted by molar-refractivity contribution is -0.140. The van der Waals surface area contributed by atoms with Crippen molar-refractivity contribution in [3.63, 3.8) is 0 Å². The normalized spacial score (nSPS) is 13.0. The third kappa shape index (κ3) is 7.80. The maximum atomic E-state index is 13.2. The Balaban J connectivity index is 2.13. The quantitative estimate of drug-likeness (QED) is 0.458. The van der Waals surface area contributed by atoms with E-state index in [1.807, 2.05) is 45.0 Å². The first-order valence-corrected chi connectivity index (χ1v) is 11.9. The molecular weight excluding hydrogens is 452 g/mol. The smallest absolute Gasteiger partial charge is 0.242 e. The van der Waals surface area contributed by atoms with Gasteiger partial charge < -0.3 is 10.2 Å². The van der Waals surface area contributed by atoms with E-state index in [0.29, 0.717) is 25.3 Å². The molecule has 2 aromatic rings. The highest BCUT2D eigenvalue weighted by Gasteiger charge is 2.26. The zero-order valence-electron chi connectivity index (χ0n) is 19.3. The lowest BCUT2D eigenvalue weighted by Crippen LogP contribution is -2.49. The lowest BCUT2D eigenvalue weighted by Gasteiger charge is -2.30. The minimum absolute atomic E-state index is 0.0142. The molecule has 0 saturated carbocycles. The van der Waals surface area contributed by atoms with Crippen LogP contribution >= 0.6 is 15.9 Å². The Labute approximate surface area is 195 Å². The topological polar surface area (TPSA) is 49.4 Å². The van der Waals surface area contributed by atoms with Gasteiger partial charge in [-0.3, -0.25) is 9.59 Å². The fourth-order valence-corrected chi connectivity index (χ4v) is 3.79. The molecule has 2 amide bonds. The Morgan fingerprint density at radius 3 is 2.26 bits per heavy atom. The van der Waals surface area contributed by atoms with E-state index in [1.165, 1.54) is 5.56 Å². The first-order valence-electron chi connectivity index (χ1n) is 11.1. The SMILES string of the molecule is CCC(C)NC(=O)C(C)N(Cc1cccc(Br)c1)C(=O)CCc1ccc(C(C)C)cc1. The zero-order chi connectivity index (χ0) is 23.0. The number of benzene rings is 2. The molecule has 0 heterocycles. The highest BCUT2D eigenvalue weighted by atomic mass is 79.9. The fourth-order valence-electron chi connectivity index (χ4n) is 3.34. The molecule has 0 saturated heterocycles. The second-order valence-electron chi connectivity index (χ2n) is 8.54. The Morgan fingerprint density at radius 1 is 1.00 bits per heavy atom. The van der Waals surface area contributed by atoms with Crippen LogP contribution < -0.4 is 5.32 Å². The second-order valence-corrected chi connectivity index (χ2v) is 9.46. The van der Waals surface area contributed by atoms with Crippen molar-refractivity contribution < 1.29 is 9.59 Å². The predicted molar refractivity (Wildman–Crippen MR) is 131 cm³/mol. The molecule has 2 rings (SSSR count). The summed E-state index contributed by atoms with van der Waals surface area (Å²) in [6.45, 7) is 10.6. The van der Waals surface area contributed by atoms with E-state index in [4.69, 9.17) is 0 Å². The maximum absolute atomic E-state index is 13.2. The number of hydrogen-bond donors (Lipinski definition) is 1. The monoisotopic (exact) mass is 486 g/mol. The summed E-state index contributed by atoms with van der Waals surface area (Å²) in [5, 5.41) is 3.01. The molecule has 0 radical (unpaired) electrons. The van der Waals surface area contributed by atoms with Gasteiger partial charge >= 0.3 is 0 Å². The number of halogens is 1. The van der Waals surface area contributed by atoms with E-state index in [9.17, 15) is 9.59 Å². The Kier molecular flexibility index (Phi) is 9.76. The van der Waals surface area contributed by atoms with E-state index >= 15 is 0 Å². The van der Waals surface area contributed by atoms with Crippen molar-refractivity contribution in [2.24, 2.45) is 0 Å². The number of hydrogen-bond acceptors (Lipinski definition) is 2. The largest absolute Gasteiger partial charge is 0.352 e. The summed E-state index contributed by atoms with van der Waals surface area (Å²) in [5.74, 6) is 0.361. The van der Waals surface area contributed by atoms with Crippen LogP contribution in [-0.4, -0.2) is 28.8 Å². The molecule has 0 spiro atoms. The molecule has 31 heavy (non-hydrogen) atoms. The van der Waals surface area contributed by atoms with Crippen LogP contribution in [0.25, 0.3) is 0 Å². The molecule has 5 heteroatoms. The number of carbonyl (C=O) groups is 2. The summed E-state index contributed by atoms with van der Waals surface area (Å²) in [5.41, 5.74) is 3.42. The van der Waals surface area contributed by atoms with Crippen LogP contribution in [0.4, 0.5) is 0 Å². The summed E-state index contributed by atoms with van der Waals surface area (Å²) < 4.78 is 0.958. The standard InChI is InChI=1S/C26H35BrN2O2/c1-6-19(4)28-26(31)20(5)29(17-22-8-7-9-24(27)16-22)25(30)15-12-21-10-13-23(14-11-21)18(2)3/h7-11,13-14,16,18-20H,6,12,15,17H2,1-5H3,(H,28,31). The third-order valence-electron chi connectivity index (χ3n) is 5.68. The van der Waals surface area contributed by atoms with Crippen molar-refractivity contribution in [3.05, 3.63) is 69.7 Å². The average molecular weight is 487 g/mol. The van der Waals surface area contributed by atoms with Gasteiger partial charge in [-0.15, -0.1) is 0 Å². The van der Waals surface area contributed by atoms with Crippen molar-refractivity contribution in [2.45, 2.75) is 78.4 Å². The minimum atomic E-state index is -0.538. The molecule has 4 nitrogen and oxygen atoms in total. The average Bonchev–Trinajstić information content (AvgIpc) is 2.75. The lowest BCUT2D eigenvalue weighted by atomic mass is 10.00. The number of nitrogens with one attached hydrogen (secondary N) is 1. The van der Waals surface area contributed by atoms with E-state index in [1.54, 1.807) is 4.90 Å². The van der Waals surface area contributed by atoms with Gasteiger partial charge in [0.2, 0.25) is 11.8 Å². The van der Waals surface area contributed by atoms with Crippen LogP contribution in [0.5, 0.6) is 0 Å². The Bertz CT molecular complexity index is 864. The van der Waals surface area contributed by atoms with Gasteiger partial charge in [0.25, 0.3) is 0 Å². The molecule has 0 aliphatic rings. The maximum Gasteiger partial charge on any atom is 0.242 e. The van der Waals surface area contributed by atoms with Gasteiger partial charge in [0.1, 0.15) is 6.04 Å². The zero-order valence-corrected chi connectivity index (χ0v) is 20.9. The molecule has 1 N–H and O–H groups in total. The first-order chi connectivity index (χ1) is 14.7. The van der Waals surface area contributed by atoms with E-state index in [2.05, 4.69) is 59.4 Å². The summed E-state index contributed by atoms with van der Waals surface area (Å²) in [6.07, 6.45) is 1.88. The second kappa shape index (κ2) is 12.0. The van der Waals surface area contributed by atoms with Gasteiger partial charge in [-0.2, -0.15) is 0 Å². The highest BCUT2D eigenvalue weighted by molar-refractivity contribution is 9.10. The van der Waals surface area contributed by atoms with Crippen molar-refractivity contribution >= 4 is 27.7 Å². The van der Waals surface area contributed by atoms with Gasteiger partial charge in [-0.25, -0.2) is 0 Å². The van der Waals surface area contributed by atoms with Crippen LogP contribution in [0.15, 0.2) is 53.0 Å². The van der Waals surface area contributed by atoms with Crippen molar-refractivity contribution in [3.8, 4) is 0 Å². The minimum Gasteiger partial charge on any atom is -0.352 e. The summed E-state index contributed by atoms with van der Waals surface area (Å²) in [4.78, 5) is 27.7. The molecule has 168 valence electrons. The van der Waals surface area contributed by atoms with Crippen LogP contribution in [0.1, 0.15) is 70.1 Å². The van der Waals surface area contributed by atoms with Crippen LogP contribution in [0, 0.1) is 0 Å². The predicted octanol–water partition coefficient (Wildman–Crippen LogP) is 5.84. The molecule has 0 aromatic heterocycles. The molecular formula is C26H35BrN2O2. The Hall–Kier alpha value is -2.14. The fraction of sp³-hybridized carbons (Fsp3) is 0.462. The number of nitrogens with zero attached hydrogens (tertiary/aromatic N) is 1. The first kappa shape index (κ1) is 25.1. The van der Waals surface area contributed by atoms with Crippen LogP contribution in [-0.2, 0) is 22.6 Å². The molecule has 2 aromatic carbocycles. The van der Waals surface area contributed by atoms with E-state index in [-0.39, 0.29) is 17.9 Å². The summed E-state index contributed by atoms with van der Waals surface area (Å²) in [7, 11) is 0. The van der Waals surface area contributed by atoms with Crippen LogP contribution in [0.2, 0.25) is 0 Å². The number of rotatable bonds is 10. The van der Waals surface area contributed by atoms with Crippen molar-refractivity contribution in [1.29, 1.82) is 0 Å². The summed E-state index contributed by atoms with van der Waals surface area (Å²) >= 11 is 3.49.